The summed E-state index contributed by atoms with van der Waals surface area (Å²) in [6.45, 7) is 1.32. The molecule has 0 amide bonds. The molecule has 4 nitrogen and oxygen atoms in total. The van der Waals surface area contributed by atoms with E-state index in [4.69, 9.17) is 10.8 Å². The van der Waals surface area contributed by atoms with Crippen molar-refractivity contribution >= 4 is 11.8 Å². The summed E-state index contributed by atoms with van der Waals surface area (Å²) in [5.41, 5.74) is 4.35. The number of carbonyl (C=O) groups excluding carboxylic acids is 1. The summed E-state index contributed by atoms with van der Waals surface area (Å²) in [6, 6.07) is 0. The molecule has 0 radical (unpaired) electrons. The zero-order valence-corrected chi connectivity index (χ0v) is 5.63. The molecular formula is C6H9NO3. The number of nitrogens with two attached hydrogens (primary N) is 1. The Balaban J connectivity index is 2.65. The standard InChI is InChI=1S/C6H9NO3/c1-3(8)6(7)2-4(6)5(9)10/h4H,2,7H2,1H3,(H,9,10). The van der Waals surface area contributed by atoms with Crippen molar-refractivity contribution in [1.82, 2.24) is 0 Å². The molecular weight excluding hydrogens is 134 g/mol. The molecule has 1 rings (SSSR count). The third-order valence-corrected chi connectivity index (χ3v) is 1.96. The molecule has 0 aromatic heterocycles. The number of carboxylic acid groups (broad SMARTS) is 1. The maximum Gasteiger partial charge on any atom is 0.308 e. The first-order valence-corrected chi connectivity index (χ1v) is 3.01. The van der Waals surface area contributed by atoms with Crippen molar-refractivity contribution in [2.75, 3.05) is 0 Å². The molecule has 1 aliphatic carbocycles. The van der Waals surface area contributed by atoms with E-state index in [-0.39, 0.29) is 12.2 Å². The van der Waals surface area contributed by atoms with Crippen LogP contribution in [-0.2, 0) is 9.59 Å². The van der Waals surface area contributed by atoms with Crippen LogP contribution in [0.2, 0.25) is 0 Å². The number of ketones is 1. The minimum Gasteiger partial charge on any atom is -0.481 e. The molecule has 2 unspecified atom stereocenters. The first kappa shape index (κ1) is 7.21. The van der Waals surface area contributed by atoms with Crippen LogP contribution >= 0.6 is 0 Å². The van der Waals surface area contributed by atoms with Crippen LogP contribution in [-0.4, -0.2) is 22.4 Å². The lowest BCUT2D eigenvalue weighted by atomic mass is 10.1. The van der Waals surface area contributed by atoms with E-state index in [2.05, 4.69) is 0 Å². The van der Waals surface area contributed by atoms with E-state index in [0.29, 0.717) is 0 Å². The SMILES string of the molecule is CC(=O)C1(N)CC1C(=O)O. The van der Waals surface area contributed by atoms with Gasteiger partial charge >= 0.3 is 5.97 Å². The number of carbonyl (C=O) groups is 2. The maximum atomic E-state index is 10.7. The third-order valence-electron chi connectivity index (χ3n) is 1.96. The Bertz CT molecular complexity index is 201. The molecule has 1 aliphatic rings. The van der Waals surface area contributed by atoms with Crippen molar-refractivity contribution < 1.29 is 14.7 Å². The average Bonchev–Trinajstić information content (AvgIpc) is 2.43. The summed E-state index contributed by atoms with van der Waals surface area (Å²) in [7, 11) is 0. The van der Waals surface area contributed by atoms with Gasteiger partial charge in [0.2, 0.25) is 0 Å². The van der Waals surface area contributed by atoms with Crippen LogP contribution in [0.3, 0.4) is 0 Å². The van der Waals surface area contributed by atoms with Crippen LogP contribution in [0.25, 0.3) is 0 Å². The van der Waals surface area contributed by atoms with E-state index in [1.165, 1.54) is 6.92 Å². The van der Waals surface area contributed by atoms with E-state index in [1.54, 1.807) is 0 Å². The smallest absolute Gasteiger partial charge is 0.308 e. The Morgan fingerprint density at radius 3 is 2.30 bits per heavy atom. The summed E-state index contributed by atoms with van der Waals surface area (Å²) in [6.07, 6.45) is 0.289. The molecule has 0 spiro atoms. The summed E-state index contributed by atoms with van der Waals surface area (Å²) < 4.78 is 0. The number of rotatable bonds is 2. The van der Waals surface area contributed by atoms with Crippen molar-refractivity contribution in [3.8, 4) is 0 Å². The largest absolute Gasteiger partial charge is 0.481 e. The molecule has 4 heteroatoms. The molecule has 0 aromatic carbocycles. The van der Waals surface area contributed by atoms with Crippen LogP contribution in [0, 0.1) is 5.92 Å². The zero-order valence-electron chi connectivity index (χ0n) is 5.63. The molecule has 0 aromatic rings. The predicted octanol–water partition coefficient (Wildman–Crippen LogP) is -0.623. The Kier molecular flexibility index (Phi) is 1.29. The lowest BCUT2D eigenvalue weighted by Gasteiger charge is -2.01. The molecule has 0 heterocycles. The Morgan fingerprint density at radius 2 is 2.20 bits per heavy atom. The van der Waals surface area contributed by atoms with Crippen molar-refractivity contribution in [1.29, 1.82) is 0 Å². The highest BCUT2D eigenvalue weighted by Crippen LogP contribution is 2.41. The highest BCUT2D eigenvalue weighted by atomic mass is 16.4. The normalized spacial score (nSPS) is 37.2. The second-order valence-electron chi connectivity index (χ2n) is 2.69. The van der Waals surface area contributed by atoms with Crippen molar-refractivity contribution in [2.24, 2.45) is 11.7 Å². The van der Waals surface area contributed by atoms with Gasteiger partial charge in [0, 0.05) is 0 Å². The summed E-state index contributed by atoms with van der Waals surface area (Å²) >= 11 is 0. The molecule has 2 atom stereocenters. The highest BCUT2D eigenvalue weighted by molar-refractivity contribution is 5.96. The van der Waals surface area contributed by atoms with Gasteiger partial charge in [0.05, 0.1) is 11.5 Å². The van der Waals surface area contributed by atoms with Crippen molar-refractivity contribution in [3.05, 3.63) is 0 Å². The van der Waals surface area contributed by atoms with Gasteiger partial charge in [-0.05, 0) is 13.3 Å². The number of Topliss-reactive ketones (excluding diaryl/α,β-unsaturated/α-hetero) is 1. The second-order valence-corrected chi connectivity index (χ2v) is 2.69. The highest BCUT2D eigenvalue weighted by Gasteiger charge is 2.59. The van der Waals surface area contributed by atoms with Gasteiger partial charge in [-0.1, -0.05) is 0 Å². The van der Waals surface area contributed by atoms with Crippen LogP contribution in [0.4, 0.5) is 0 Å². The fourth-order valence-electron chi connectivity index (χ4n) is 0.976. The third kappa shape index (κ3) is 0.806. The van der Waals surface area contributed by atoms with Crippen molar-refractivity contribution in [3.63, 3.8) is 0 Å². The zero-order chi connectivity index (χ0) is 7.94. The summed E-state index contributed by atoms with van der Waals surface area (Å²) in [5, 5.41) is 8.41. The first-order chi connectivity index (χ1) is 4.48. The number of carboxylic acids is 1. The van der Waals surface area contributed by atoms with Gasteiger partial charge < -0.3 is 10.8 Å². The summed E-state index contributed by atoms with van der Waals surface area (Å²) in [4.78, 5) is 20.9. The van der Waals surface area contributed by atoms with Crippen LogP contribution in [0.1, 0.15) is 13.3 Å². The van der Waals surface area contributed by atoms with Gasteiger partial charge in [-0.3, -0.25) is 9.59 Å². The average molecular weight is 143 g/mol. The van der Waals surface area contributed by atoms with Gasteiger partial charge in [-0.15, -0.1) is 0 Å². The molecule has 1 saturated carbocycles. The monoisotopic (exact) mass is 143 g/mol. The van der Waals surface area contributed by atoms with Crippen LogP contribution in [0.5, 0.6) is 0 Å². The van der Waals surface area contributed by atoms with Crippen LogP contribution in [0.15, 0.2) is 0 Å². The van der Waals surface area contributed by atoms with E-state index < -0.39 is 17.4 Å². The number of hydrogen-bond donors (Lipinski definition) is 2. The van der Waals surface area contributed by atoms with Crippen LogP contribution < -0.4 is 5.73 Å². The van der Waals surface area contributed by atoms with Gasteiger partial charge in [0.25, 0.3) is 0 Å². The molecule has 0 aliphatic heterocycles. The second kappa shape index (κ2) is 1.79. The molecule has 56 valence electrons. The Morgan fingerprint density at radius 1 is 1.70 bits per heavy atom. The van der Waals surface area contributed by atoms with Gasteiger partial charge in [0.15, 0.2) is 0 Å². The number of aliphatic carboxylic acids is 1. The molecule has 1 fully saturated rings. The fourth-order valence-corrected chi connectivity index (χ4v) is 0.976. The maximum absolute atomic E-state index is 10.7. The first-order valence-electron chi connectivity index (χ1n) is 3.01. The molecule has 0 saturated heterocycles. The lowest BCUT2D eigenvalue weighted by Crippen LogP contribution is -2.35. The molecule has 0 bridgehead atoms. The van der Waals surface area contributed by atoms with Gasteiger partial charge in [-0.2, -0.15) is 0 Å². The topological polar surface area (TPSA) is 80.4 Å². The minimum absolute atomic E-state index is 0.236. The van der Waals surface area contributed by atoms with E-state index in [0.717, 1.165) is 0 Å². The quantitative estimate of drug-likeness (QED) is 0.539. The molecule has 3 N–H and O–H groups in total. The lowest BCUT2D eigenvalue weighted by molar-refractivity contribution is -0.140. The fraction of sp³-hybridized carbons (Fsp3) is 0.667. The Labute approximate surface area is 58.0 Å². The summed E-state index contributed by atoms with van der Waals surface area (Å²) in [5.74, 6) is -1.86. The van der Waals surface area contributed by atoms with E-state index >= 15 is 0 Å². The minimum atomic E-state index is -1.05. The van der Waals surface area contributed by atoms with E-state index in [1.807, 2.05) is 0 Å². The van der Waals surface area contributed by atoms with E-state index in [9.17, 15) is 9.59 Å². The molecule has 10 heavy (non-hydrogen) atoms. The predicted molar refractivity (Wildman–Crippen MR) is 33.3 cm³/mol. The van der Waals surface area contributed by atoms with Gasteiger partial charge in [-0.25, -0.2) is 0 Å². The Hall–Kier alpha value is -0.900. The number of hydrogen-bond acceptors (Lipinski definition) is 3. The van der Waals surface area contributed by atoms with Crippen molar-refractivity contribution in [2.45, 2.75) is 18.9 Å². The van der Waals surface area contributed by atoms with Gasteiger partial charge in [0.1, 0.15) is 5.78 Å².